The van der Waals surface area contributed by atoms with Crippen molar-refractivity contribution >= 4 is 11.6 Å². The molecule has 1 saturated heterocycles. The Balaban J connectivity index is 1.42. The van der Waals surface area contributed by atoms with Gasteiger partial charge in [0.15, 0.2) is 11.6 Å². The summed E-state index contributed by atoms with van der Waals surface area (Å²) in [4.78, 5) is 28.5. The minimum absolute atomic E-state index is 0.0253. The van der Waals surface area contributed by atoms with Gasteiger partial charge in [-0.05, 0) is 12.5 Å². The highest BCUT2D eigenvalue weighted by Crippen LogP contribution is 2.11. The van der Waals surface area contributed by atoms with Crippen LogP contribution in [0.15, 0.2) is 54.6 Å². The van der Waals surface area contributed by atoms with E-state index in [1.54, 1.807) is 24.3 Å². The van der Waals surface area contributed by atoms with Crippen LogP contribution in [0.25, 0.3) is 0 Å². The molecule has 2 aromatic rings. The number of carbonyl (C=O) groups excluding carboxylic acids is 2. The maximum absolute atomic E-state index is 12.4. The minimum Gasteiger partial charge on any atom is -0.300 e. The van der Waals surface area contributed by atoms with Crippen molar-refractivity contribution in [3.63, 3.8) is 0 Å². The quantitative estimate of drug-likeness (QED) is 0.719. The zero-order chi connectivity index (χ0) is 18.4. The largest absolute Gasteiger partial charge is 0.300 e. The van der Waals surface area contributed by atoms with Crippen molar-refractivity contribution in [2.24, 2.45) is 0 Å². The molecule has 1 aliphatic heterocycles. The molecule has 4 nitrogen and oxygen atoms in total. The van der Waals surface area contributed by atoms with Crippen molar-refractivity contribution in [2.75, 3.05) is 32.7 Å². The number of piperazine rings is 1. The topological polar surface area (TPSA) is 40.6 Å². The van der Waals surface area contributed by atoms with Crippen LogP contribution in [0.2, 0.25) is 0 Å². The average molecular weight is 350 g/mol. The Labute approximate surface area is 155 Å². The molecule has 1 aliphatic rings. The maximum Gasteiger partial charge on any atom is 0.164 e. The molecule has 0 aliphatic carbocycles. The molecule has 0 amide bonds. The molecule has 0 atom stereocenters. The lowest BCUT2D eigenvalue weighted by molar-refractivity contribution is 0.0921. The molecular formula is C22H26N2O2. The number of ketones is 2. The van der Waals surface area contributed by atoms with Gasteiger partial charge in [-0.25, -0.2) is 0 Å². The van der Waals surface area contributed by atoms with Crippen LogP contribution < -0.4 is 0 Å². The molecule has 3 rings (SSSR count). The predicted octanol–water partition coefficient (Wildman–Crippen LogP) is 3.28. The van der Waals surface area contributed by atoms with Crippen LogP contribution in [-0.2, 0) is 6.54 Å². The van der Waals surface area contributed by atoms with Crippen LogP contribution in [0.1, 0.15) is 39.6 Å². The summed E-state index contributed by atoms with van der Waals surface area (Å²) < 4.78 is 0. The zero-order valence-corrected chi connectivity index (χ0v) is 15.4. The maximum atomic E-state index is 12.4. The fourth-order valence-corrected chi connectivity index (χ4v) is 3.31. The lowest BCUT2D eigenvalue weighted by atomic mass is 10.0. The number of hydrogen-bond donors (Lipinski definition) is 0. The fourth-order valence-electron chi connectivity index (χ4n) is 3.31. The molecule has 1 heterocycles. The fraction of sp³-hybridized carbons (Fsp3) is 0.364. The molecule has 0 saturated carbocycles. The van der Waals surface area contributed by atoms with E-state index in [4.69, 9.17) is 0 Å². The van der Waals surface area contributed by atoms with Crippen molar-refractivity contribution in [2.45, 2.75) is 19.9 Å². The molecule has 0 N–H and O–H groups in total. The highest BCUT2D eigenvalue weighted by atomic mass is 16.1. The second kappa shape index (κ2) is 8.88. The Hall–Kier alpha value is -2.30. The van der Waals surface area contributed by atoms with Crippen LogP contribution in [0, 0.1) is 0 Å². The van der Waals surface area contributed by atoms with Gasteiger partial charge in [-0.2, -0.15) is 0 Å². The monoisotopic (exact) mass is 350 g/mol. The van der Waals surface area contributed by atoms with Gasteiger partial charge in [0.1, 0.15) is 0 Å². The van der Waals surface area contributed by atoms with Gasteiger partial charge in [-0.15, -0.1) is 0 Å². The Kier molecular flexibility index (Phi) is 6.31. The van der Waals surface area contributed by atoms with Crippen molar-refractivity contribution in [3.05, 3.63) is 71.3 Å². The Morgan fingerprint density at radius 2 is 1.38 bits per heavy atom. The molecule has 0 bridgehead atoms. The van der Waals surface area contributed by atoms with E-state index in [2.05, 4.69) is 34.1 Å². The molecule has 26 heavy (non-hydrogen) atoms. The Morgan fingerprint density at radius 1 is 0.808 bits per heavy atom. The van der Waals surface area contributed by atoms with E-state index < -0.39 is 0 Å². The third-order valence-electron chi connectivity index (χ3n) is 4.98. The molecule has 2 aromatic carbocycles. The summed E-state index contributed by atoms with van der Waals surface area (Å²) in [6.07, 6.45) is 0.526. The number of Topliss-reactive ketones (excluding diaryl/α,β-unsaturated/α-hetero) is 2. The van der Waals surface area contributed by atoms with Crippen LogP contribution in [0.4, 0.5) is 0 Å². The van der Waals surface area contributed by atoms with Crippen molar-refractivity contribution in [3.8, 4) is 0 Å². The van der Waals surface area contributed by atoms with Crippen molar-refractivity contribution < 1.29 is 9.59 Å². The first-order valence-corrected chi connectivity index (χ1v) is 9.24. The minimum atomic E-state index is 0.0253. The SMILES string of the molecule is CC(=O)c1ccc(C(=O)CCN2CCN(Cc3ccccc3)CC2)cc1. The van der Waals surface area contributed by atoms with E-state index in [-0.39, 0.29) is 11.6 Å². The Bertz CT molecular complexity index is 732. The molecule has 4 heteroatoms. The van der Waals surface area contributed by atoms with Gasteiger partial charge in [0.2, 0.25) is 0 Å². The standard InChI is InChI=1S/C22H26N2O2/c1-18(25)20-7-9-21(10-8-20)22(26)11-12-23-13-15-24(16-14-23)17-19-5-3-2-4-6-19/h2-10H,11-17H2,1H3. The number of rotatable bonds is 7. The predicted molar refractivity (Wildman–Crippen MR) is 104 cm³/mol. The molecule has 0 radical (unpaired) electrons. The number of hydrogen-bond acceptors (Lipinski definition) is 4. The third-order valence-corrected chi connectivity index (χ3v) is 4.98. The lowest BCUT2D eigenvalue weighted by Crippen LogP contribution is -2.46. The molecule has 0 spiro atoms. The summed E-state index contributed by atoms with van der Waals surface area (Å²) in [5, 5.41) is 0. The van der Waals surface area contributed by atoms with Crippen LogP contribution in [0.5, 0.6) is 0 Å². The van der Waals surface area contributed by atoms with Gasteiger partial charge in [-0.1, -0.05) is 54.6 Å². The summed E-state index contributed by atoms with van der Waals surface area (Å²) >= 11 is 0. The van der Waals surface area contributed by atoms with Gasteiger partial charge >= 0.3 is 0 Å². The van der Waals surface area contributed by atoms with E-state index in [0.29, 0.717) is 17.5 Å². The summed E-state index contributed by atoms with van der Waals surface area (Å²) in [5.74, 6) is 0.171. The Morgan fingerprint density at radius 3 is 2.00 bits per heavy atom. The van der Waals surface area contributed by atoms with E-state index in [9.17, 15) is 9.59 Å². The molecular weight excluding hydrogens is 324 g/mol. The van der Waals surface area contributed by atoms with Crippen molar-refractivity contribution in [1.29, 1.82) is 0 Å². The molecule has 0 unspecified atom stereocenters. The molecule has 136 valence electrons. The summed E-state index contributed by atoms with van der Waals surface area (Å²) in [5.41, 5.74) is 2.69. The first-order valence-electron chi connectivity index (χ1n) is 9.24. The van der Waals surface area contributed by atoms with Crippen molar-refractivity contribution in [1.82, 2.24) is 9.80 Å². The lowest BCUT2D eigenvalue weighted by Gasteiger charge is -2.34. The van der Waals surface area contributed by atoms with E-state index in [1.165, 1.54) is 12.5 Å². The van der Waals surface area contributed by atoms with Gasteiger partial charge in [-0.3, -0.25) is 14.5 Å². The normalized spacial score (nSPS) is 15.7. The van der Waals surface area contributed by atoms with Gasteiger partial charge < -0.3 is 4.90 Å². The molecule has 0 aromatic heterocycles. The van der Waals surface area contributed by atoms with Crippen LogP contribution >= 0.6 is 0 Å². The van der Waals surface area contributed by atoms with Gasteiger partial charge in [0, 0.05) is 56.8 Å². The average Bonchev–Trinajstić information content (AvgIpc) is 2.68. The highest BCUT2D eigenvalue weighted by Gasteiger charge is 2.18. The third kappa shape index (κ3) is 5.10. The van der Waals surface area contributed by atoms with Crippen LogP contribution in [-0.4, -0.2) is 54.1 Å². The second-order valence-electron chi connectivity index (χ2n) is 6.91. The van der Waals surface area contributed by atoms with Gasteiger partial charge in [0.05, 0.1) is 0 Å². The van der Waals surface area contributed by atoms with E-state index in [1.807, 2.05) is 6.07 Å². The van der Waals surface area contributed by atoms with Crippen LogP contribution in [0.3, 0.4) is 0 Å². The summed E-state index contributed by atoms with van der Waals surface area (Å²) in [6, 6.07) is 17.5. The highest BCUT2D eigenvalue weighted by molar-refractivity contribution is 5.98. The van der Waals surface area contributed by atoms with Gasteiger partial charge in [0.25, 0.3) is 0 Å². The second-order valence-corrected chi connectivity index (χ2v) is 6.91. The number of nitrogens with zero attached hydrogens (tertiary/aromatic N) is 2. The van der Waals surface area contributed by atoms with E-state index >= 15 is 0 Å². The molecule has 1 fully saturated rings. The number of benzene rings is 2. The van der Waals surface area contributed by atoms with E-state index in [0.717, 1.165) is 39.3 Å². The number of carbonyl (C=O) groups is 2. The zero-order valence-electron chi connectivity index (χ0n) is 15.4. The first-order chi connectivity index (χ1) is 12.6. The summed E-state index contributed by atoms with van der Waals surface area (Å²) in [6.45, 7) is 7.41. The smallest absolute Gasteiger partial charge is 0.164 e. The first kappa shape index (κ1) is 18.5. The summed E-state index contributed by atoms with van der Waals surface area (Å²) in [7, 11) is 0.